The lowest BCUT2D eigenvalue weighted by Crippen LogP contribution is -2.62. The zero-order valence-electron chi connectivity index (χ0n) is 42.4. The molecule has 380 valence electrons. The second-order valence-electron chi connectivity index (χ2n) is 20.1. The molecular formula is C52H77NO15. The standard InChI is InChI=1S/C52H77NO15/c1-15-38-52(10,59)43(55)31(4)40(54)29(2)27-50(8,60-13)44(68-49-42(37(53(11)12)26-30(3)62-49)66-47(57)35-22-18-16-19-23-35)32(5)41(33(6)46(56)64-38)65-39-28-51(9,61-14)45(34(7)63-39)67-48(58)36-24-20-17-21-25-36/h16-25,29-34,37-39,41-45,49,55,59H,15,26-28H2,1-14H3/t29-,30-,31+,32+,33-,34+,37+,38?,39+,41?,42-,43-,44-,45+,49+,50-,51-,52-/m1/s1. The van der Waals surface area contributed by atoms with Gasteiger partial charge in [0.2, 0.25) is 0 Å². The summed E-state index contributed by atoms with van der Waals surface area (Å²) in [5, 5.41) is 23.6. The largest absolute Gasteiger partial charge is 0.459 e. The third-order valence-corrected chi connectivity index (χ3v) is 14.7. The van der Waals surface area contributed by atoms with Gasteiger partial charge in [0.1, 0.15) is 23.1 Å². The van der Waals surface area contributed by atoms with Gasteiger partial charge in [-0.05, 0) is 99.2 Å². The molecule has 0 bridgehead atoms. The zero-order chi connectivity index (χ0) is 50.5. The first-order valence-electron chi connectivity index (χ1n) is 24.0. The lowest BCUT2D eigenvalue weighted by molar-refractivity contribution is -0.318. The highest BCUT2D eigenvalue weighted by Crippen LogP contribution is 2.43. The molecule has 2 aromatic carbocycles. The number of likely N-dealkylation sites (N-methyl/N-ethyl adjacent to an activating group) is 1. The van der Waals surface area contributed by atoms with Gasteiger partial charge in [-0.25, -0.2) is 9.59 Å². The summed E-state index contributed by atoms with van der Waals surface area (Å²) in [5.41, 5.74) is -3.84. The quantitative estimate of drug-likeness (QED) is 0.181. The van der Waals surface area contributed by atoms with Crippen molar-refractivity contribution >= 4 is 23.7 Å². The molecule has 0 saturated carbocycles. The van der Waals surface area contributed by atoms with Crippen LogP contribution in [0, 0.1) is 23.7 Å². The van der Waals surface area contributed by atoms with Crippen molar-refractivity contribution in [2.75, 3.05) is 28.3 Å². The van der Waals surface area contributed by atoms with Gasteiger partial charge < -0.3 is 57.7 Å². The number of methoxy groups -OCH3 is 2. The Morgan fingerprint density at radius 2 is 1.29 bits per heavy atom. The predicted molar refractivity (Wildman–Crippen MR) is 250 cm³/mol. The van der Waals surface area contributed by atoms with Crippen LogP contribution < -0.4 is 0 Å². The summed E-state index contributed by atoms with van der Waals surface area (Å²) < 4.78 is 58.3. The Morgan fingerprint density at radius 3 is 1.82 bits per heavy atom. The Labute approximate surface area is 402 Å². The lowest BCUT2D eigenvalue weighted by atomic mass is 9.74. The maximum Gasteiger partial charge on any atom is 0.338 e. The van der Waals surface area contributed by atoms with Gasteiger partial charge in [-0.15, -0.1) is 0 Å². The van der Waals surface area contributed by atoms with E-state index >= 15 is 0 Å². The fraction of sp³-hybridized carbons (Fsp3) is 0.692. The number of ketones is 1. The van der Waals surface area contributed by atoms with Gasteiger partial charge >= 0.3 is 17.9 Å². The number of Topliss-reactive ketones (excluding diaryl/α,β-unsaturated/α-hetero) is 1. The van der Waals surface area contributed by atoms with Crippen molar-refractivity contribution in [1.29, 1.82) is 0 Å². The van der Waals surface area contributed by atoms with Crippen LogP contribution in [0.25, 0.3) is 0 Å². The number of hydrogen-bond acceptors (Lipinski definition) is 16. The van der Waals surface area contributed by atoms with E-state index < -0.39 is 114 Å². The fourth-order valence-corrected chi connectivity index (χ4v) is 10.4. The summed E-state index contributed by atoms with van der Waals surface area (Å²) in [5.74, 6) is -6.04. The predicted octanol–water partition coefficient (Wildman–Crippen LogP) is 6.17. The number of hydrogen-bond donors (Lipinski definition) is 2. The number of rotatable bonds is 12. The molecule has 0 aromatic heterocycles. The minimum Gasteiger partial charge on any atom is -0.459 e. The molecule has 16 nitrogen and oxygen atoms in total. The smallest absolute Gasteiger partial charge is 0.338 e. The van der Waals surface area contributed by atoms with E-state index in [1.165, 1.54) is 21.1 Å². The van der Waals surface area contributed by atoms with Crippen LogP contribution in [-0.2, 0) is 52.2 Å². The highest BCUT2D eigenvalue weighted by molar-refractivity contribution is 5.90. The molecule has 3 saturated heterocycles. The van der Waals surface area contributed by atoms with Crippen LogP contribution in [0.4, 0.5) is 0 Å². The van der Waals surface area contributed by atoms with Gasteiger partial charge in [-0.2, -0.15) is 0 Å². The molecule has 0 spiro atoms. The van der Waals surface area contributed by atoms with Gasteiger partial charge in [-0.3, -0.25) is 9.59 Å². The molecule has 3 aliphatic heterocycles. The number of nitrogens with zero attached hydrogens (tertiary/aromatic N) is 1. The number of cyclic esters (lactones) is 1. The Morgan fingerprint density at radius 1 is 0.750 bits per heavy atom. The van der Waals surface area contributed by atoms with Crippen LogP contribution >= 0.6 is 0 Å². The number of ether oxygens (including phenoxy) is 9. The Kier molecular flexibility index (Phi) is 18.6. The van der Waals surface area contributed by atoms with Crippen LogP contribution in [0.1, 0.15) is 116 Å². The van der Waals surface area contributed by atoms with Crippen molar-refractivity contribution in [3.63, 3.8) is 0 Å². The van der Waals surface area contributed by atoms with Gasteiger partial charge in [-0.1, -0.05) is 64.1 Å². The first-order chi connectivity index (χ1) is 31.9. The number of aliphatic hydroxyl groups is 2. The number of carbonyl (C=O) groups is 4. The monoisotopic (exact) mass is 956 g/mol. The number of benzene rings is 2. The molecule has 2 N–H and O–H groups in total. The van der Waals surface area contributed by atoms with Crippen LogP contribution in [0.15, 0.2) is 60.7 Å². The van der Waals surface area contributed by atoms with Crippen LogP contribution in [0.3, 0.4) is 0 Å². The van der Waals surface area contributed by atoms with Gasteiger partial charge in [0.15, 0.2) is 24.8 Å². The Hall–Kier alpha value is -3.84. The summed E-state index contributed by atoms with van der Waals surface area (Å²) in [4.78, 5) is 58.2. The summed E-state index contributed by atoms with van der Waals surface area (Å²) in [6, 6.07) is 16.9. The second-order valence-corrected chi connectivity index (χ2v) is 20.1. The van der Waals surface area contributed by atoms with Gasteiger partial charge in [0.05, 0.1) is 59.2 Å². The third kappa shape index (κ3) is 12.2. The van der Waals surface area contributed by atoms with E-state index in [2.05, 4.69) is 0 Å². The van der Waals surface area contributed by atoms with Crippen LogP contribution in [-0.4, -0.2) is 151 Å². The highest BCUT2D eigenvalue weighted by atomic mass is 16.7. The Bertz CT molecular complexity index is 1980. The van der Waals surface area contributed by atoms with E-state index in [-0.39, 0.29) is 37.2 Å². The zero-order valence-corrected chi connectivity index (χ0v) is 42.4. The van der Waals surface area contributed by atoms with Crippen molar-refractivity contribution in [3.05, 3.63) is 71.8 Å². The molecule has 0 amide bonds. The normalized spacial score (nSPS) is 39.9. The van der Waals surface area contributed by atoms with Crippen molar-refractivity contribution in [3.8, 4) is 0 Å². The minimum atomic E-state index is -2.03. The third-order valence-electron chi connectivity index (χ3n) is 14.7. The van der Waals surface area contributed by atoms with Crippen molar-refractivity contribution in [1.82, 2.24) is 4.90 Å². The van der Waals surface area contributed by atoms with E-state index in [0.29, 0.717) is 17.5 Å². The average molecular weight is 956 g/mol. The van der Waals surface area contributed by atoms with E-state index in [4.69, 9.17) is 42.6 Å². The van der Waals surface area contributed by atoms with Crippen molar-refractivity contribution in [2.24, 2.45) is 23.7 Å². The topological polar surface area (TPSA) is 195 Å². The number of aliphatic hydroxyl groups excluding tert-OH is 1. The summed E-state index contributed by atoms with van der Waals surface area (Å²) in [6.07, 6.45) is -9.59. The summed E-state index contributed by atoms with van der Waals surface area (Å²) in [7, 11) is 6.79. The van der Waals surface area contributed by atoms with Crippen LogP contribution in [0.2, 0.25) is 0 Å². The molecule has 18 atom stereocenters. The minimum absolute atomic E-state index is 0.0420. The molecule has 3 heterocycles. The molecule has 2 unspecified atom stereocenters. The van der Waals surface area contributed by atoms with Gasteiger partial charge in [0, 0.05) is 38.4 Å². The number of carbonyl (C=O) groups excluding carboxylic acids is 4. The van der Waals surface area contributed by atoms with E-state index in [0.717, 1.165) is 0 Å². The maximum atomic E-state index is 14.7. The van der Waals surface area contributed by atoms with E-state index in [9.17, 15) is 29.4 Å². The first-order valence-corrected chi connectivity index (χ1v) is 24.0. The lowest BCUT2D eigenvalue weighted by Gasteiger charge is -2.50. The molecule has 3 fully saturated rings. The second kappa shape index (κ2) is 22.9. The van der Waals surface area contributed by atoms with E-state index in [1.54, 1.807) is 109 Å². The molecule has 5 rings (SSSR count). The average Bonchev–Trinajstić information content (AvgIpc) is 3.31. The number of esters is 3. The van der Waals surface area contributed by atoms with Crippen molar-refractivity contribution in [2.45, 2.75) is 179 Å². The Balaban J connectivity index is 1.62. The van der Waals surface area contributed by atoms with Crippen molar-refractivity contribution < 1.29 is 72.0 Å². The molecule has 16 heteroatoms. The van der Waals surface area contributed by atoms with Crippen LogP contribution in [0.5, 0.6) is 0 Å². The molecule has 0 radical (unpaired) electrons. The highest BCUT2D eigenvalue weighted by Gasteiger charge is 2.55. The summed E-state index contributed by atoms with van der Waals surface area (Å²) in [6.45, 7) is 17.1. The SMILES string of the molecule is CCC1OC(=O)[C@H](C)C(O[C@H]2C[C@@](C)(OC)[C@@H](OC(=O)c3ccccc3)[C@H](C)O2)[C@H](C)[C@@H](O[C@@H]2O[C@H](C)C[C@H](N(C)C)[C@H]2OC(=O)c2ccccc2)[C@](C)(OC)C[C@@H](C)C(=O)[C@H](C)[C@@H](O)[C@]1(C)O. The molecular weight excluding hydrogens is 879 g/mol. The van der Waals surface area contributed by atoms with Gasteiger partial charge in [0.25, 0.3) is 0 Å². The molecule has 3 aliphatic rings. The maximum absolute atomic E-state index is 14.7. The molecule has 68 heavy (non-hydrogen) atoms. The fourth-order valence-electron chi connectivity index (χ4n) is 10.4. The van der Waals surface area contributed by atoms with E-state index in [1.807, 2.05) is 32.8 Å². The first kappa shape index (κ1) is 55.1. The summed E-state index contributed by atoms with van der Waals surface area (Å²) >= 11 is 0. The molecule has 0 aliphatic carbocycles. The molecule has 2 aromatic rings.